The van der Waals surface area contributed by atoms with Crippen molar-refractivity contribution in [2.45, 2.75) is 0 Å². The highest BCUT2D eigenvalue weighted by Crippen LogP contribution is 1.84. The van der Waals surface area contributed by atoms with Crippen molar-refractivity contribution >= 4 is 0 Å². The van der Waals surface area contributed by atoms with E-state index in [4.69, 9.17) is 5.73 Å². The molecule has 1 unspecified atom stereocenters. The minimum Gasteiger partial charge on any atom is -0.556 e. The number of nitrogens with one attached hydrogen (secondary N) is 1. The SMILES string of the molecule is NC1=CO[NH+]([O-])OC1. The summed E-state index contributed by atoms with van der Waals surface area (Å²) < 4.78 is 0. The summed E-state index contributed by atoms with van der Waals surface area (Å²) in [5.74, 6) is 0. The molecule has 0 saturated carbocycles. The van der Waals surface area contributed by atoms with Crippen molar-refractivity contribution in [3.8, 4) is 0 Å². The van der Waals surface area contributed by atoms with E-state index in [9.17, 15) is 5.21 Å². The summed E-state index contributed by atoms with van der Waals surface area (Å²) in [5, 5.41) is 9.37. The topological polar surface area (TPSA) is 72.0 Å². The molecular weight excluding hydrogens is 112 g/mol. The van der Waals surface area contributed by atoms with Crippen LogP contribution >= 0.6 is 0 Å². The monoisotopic (exact) mass is 118 g/mol. The second kappa shape index (κ2) is 1.99. The standard InChI is InChI=1S/C3H6N2O3/c4-3-1-7-5(6)8-2-3/h1,5H,2,4H2. The third kappa shape index (κ3) is 1.09. The van der Waals surface area contributed by atoms with E-state index in [2.05, 4.69) is 9.68 Å². The summed E-state index contributed by atoms with van der Waals surface area (Å²) in [6.07, 6.45) is 1.17. The Kier molecular flexibility index (Phi) is 1.34. The average Bonchev–Trinajstić information content (AvgIpc) is 1.77. The van der Waals surface area contributed by atoms with Gasteiger partial charge in [0.2, 0.25) is 0 Å². The number of nitrogens with two attached hydrogens (primary N) is 1. The highest BCUT2D eigenvalue weighted by atomic mass is 17.1. The summed E-state index contributed by atoms with van der Waals surface area (Å²) in [5.41, 5.74) is 5.58. The Balaban J connectivity index is 2.42. The van der Waals surface area contributed by atoms with Crippen LogP contribution in [0.25, 0.3) is 0 Å². The van der Waals surface area contributed by atoms with Gasteiger partial charge in [-0.15, -0.1) is 0 Å². The van der Waals surface area contributed by atoms with E-state index in [1.165, 1.54) is 6.26 Å². The number of hydrogen-bond acceptors (Lipinski definition) is 4. The second-order valence-electron chi connectivity index (χ2n) is 1.35. The Morgan fingerprint density at radius 1 is 1.88 bits per heavy atom. The minimum absolute atomic E-state index is 0.138. The van der Waals surface area contributed by atoms with Crippen LogP contribution in [0.3, 0.4) is 0 Å². The highest BCUT2D eigenvalue weighted by Gasteiger charge is 2.05. The Hall–Kier alpha value is -0.780. The van der Waals surface area contributed by atoms with Crippen LogP contribution in [0.2, 0.25) is 0 Å². The van der Waals surface area contributed by atoms with E-state index in [0.717, 1.165) is 0 Å². The molecule has 8 heavy (non-hydrogen) atoms. The van der Waals surface area contributed by atoms with Gasteiger partial charge in [0.1, 0.15) is 0 Å². The molecule has 1 heterocycles. The first-order chi connectivity index (χ1) is 3.79. The Morgan fingerprint density at radius 3 is 3.00 bits per heavy atom. The van der Waals surface area contributed by atoms with Crippen LogP contribution in [0.4, 0.5) is 0 Å². The molecule has 1 atom stereocenters. The lowest BCUT2D eigenvalue weighted by atomic mass is 10.5. The summed E-state index contributed by atoms with van der Waals surface area (Å²) in [7, 11) is 0. The first kappa shape index (κ1) is 5.36. The fraction of sp³-hybridized carbons (Fsp3) is 0.333. The molecule has 5 nitrogen and oxygen atoms in total. The lowest BCUT2D eigenvalue weighted by molar-refractivity contribution is -1.20. The molecule has 3 N–H and O–H groups in total. The molecule has 0 bridgehead atoms. The summed E-state index contributed by atoms with van der Waals surface area (Å²) >= 11 is 0. The molecule has 46 valence electrons. The van der Waals surface area contributed by atoms with Crippen LogP contribution < -0.4 is 11.1 Å². The molecule has 0 aromatic heterocycles. The van der Waals surface area contributed by atoms with Gasteiger partial charge < -0.3 is 10.9 Å². The predicted molar refractivity (Wildman–Crippen MR) is 23.6 cm³/mol. The lowest BCUT2D eigenvalue weighted by Crippen LogP contribution is -3.05. The fourth-order valence-corrected chi connectivity index (χ4v) is 0.334. The number of rotatable bonds is 0. The van der Waals surface area contributed by atoms with Crippen LogP contribution in [-0.2, 0) is 9.68 Å². The normalized spacial score (nSPS) is 28.6. The van der Waals surface area contributed by atoms with E-state index in [0.29, 0.717) is 5.70 Å². The Labute approximate surface area is 45.8 Å². The molecule has 1 rings (SSSR count). The Morgan fingerprint density at radius 2 is 2.62 bits per heavy atom. The third-order valence-corrected chi connectivity index (χ3v) is 0.663. The van der Waals surface area contributed by atoms with Crippen LogP contribution in [-0.4, -0.2) is 6.61 Å². The molecule has 0 amide bonds. The third-order valence-electron chi connectivity index (χ3n) is 0.663. The van der Waals surface area contributed by atoms with Gasteiger partial charge in [0.15, 0.2) is 12.9 Å². The van der Waals surface area contributed by atoms with Crippen molar-refractivity contribution in [2.24, 2.45) is 5.73 Å². The van der Waals surface area contributed by atoms with Crippen molar-refractivity contribution < 1.29 is 15.1 Å². The van der Waals surface area contributed by atoms with E-state index >= 15 is 0 Å². The number of hydrogen-bond donors (Lipinski definition) is 2. The van der Waals surface area contributed by atoms with Gasteiger partial charge in [-0.1, -0.05) is 0 Å². The zero-order valence-corrected chi connectivity index (χ0v) is 4.09. The molecule has 0 radical (unpaired) electrons. The van der Waals surface area contributed by atoms with Crippen molar-refractivity contribution in [1.29, 1.82) is 0 Å². The molecule has 0 spiro atoms. The molecule has 5 heteroatoms. The van der Waals surface area contributed by atoms with E-state index < -0.39 is 5.39 Å². The van der Waals surface area contributed by atoms with Gasteiger partial charge in [-0.3, -0.25) is 4.84 Å². The van der Waals surface area contributed by atoms with Gasteiger partial charge in [0, 0.05) is 0 Å². The molecule has 0 saturated heterocycles. The molecule has 0 aromatic rings. The van der Waals surface area contributed by atoms with Crippen molar-refractivity contribution in [2.75, 3.05) is 6.61 Å². The molecule has 0 fully saturated rings. The summed E-state index contributed by atoms with van der Waals surface area (Å²) in [6.45, 7) is 0.138. The first-order valence-electron chi connectivity index (χ1n) is 2.07. The zero-order chi connectivity index (χ0) is 5.98. The zero-order valence-electron chi connectivity index (χ0n) is 4.09. The molecular formula is C3H6N2O3. The largest absolute Gasteiger partial charge is 0.556 e. The smallest absolute Gasteiger partial charge is 0.180 e. The van der Waals surface area contributed by atoms with Crippen LogP contribution in [0.1, 0.15) is 0 Å². The van der Waals surface area contributed by atoms with Gasteiger partial charge in [-0.2, -0.15) is 4.84 Å². The molecule has 1 aliphatic rings. The first-order valence-corrected chi connectivity index (χ1v) is 2.07. The van der Waals surface area contributed by atoms with Crippen LogP contribution in [0, 0.1) is 5.21 Å². The van der Waals surface area contributed by atoms with Gasteiger partial charge in [-0.25, -0.2) is 0 Å². The fourth-order valence-electron chi connectivity index (χ4n) is 0.334. The lowest BCUT2D eigenvalue weighted by Gasteiger charge is -2.19. The van der Waals surface area contributed by atoms with E-state index in [-0.39, 0.29) is 6.61 Å². The van der Waals surface area contributed by atoms with Crippen molar-refractivity contribution in [3.63, 3.8) is 0 Å². The minimum atomic E-state index is -0.695. The van der Waals surface area contributed by atoms with Crippen molar-refractivity contribution in [3.05, 3.63) is 17.2 Å². The van der Waals surface area contributed by atoms with Gasteiger partial charge in [0.25, 0.3) is 0 Å². The maximum atomic E-state index is 10.1. The van der Waals surface area contributed by atoms with E-state index in [1.807, 2.05) is 0 Å². The van der Waals surface area contributed by atoms with Gasteiger partial charge >= 0.3 is 0 Å². The second-order valence-corrected chi connectivity index (χ2v) is 1.35. The maximum Gasteiger partial charge on any atom is 0.180 e. The molecule has 1 aliphatic heterocycles. The Bertz CT molecular complexity index is 113. The predicted octanol–water partition coefficient (Wildman–Crippen LogP) is -1.95. The van der Waals surface area contributed by atoms with Crippen LogP contribution in [0.5, 0.6) is 0 Å². The number of quaternary nitrogens is 1. The maximum absolute atomic E-state index is 10.1. The van der Waals surface area contributed by atoms with Crippen molar-refractivity contribution in [1.82, 2.24) is 0 Å². The molecule has 0 aromatic carbocycles. The molecule has 0 aliphatic carbocycles. The van der Waals surface area contributed by atoms with Gasteiger partial charge in [-0.05, 0) is 5.39 Å². The summed E-state index contributed by atoms with van der Waals surface area (Å²) in [4.78, 5) is 8.58. The highest BCUT2D eigenvalue weighted by molar-refractivity contribution is 4.90. The summed E-state index contributed by atoms with van der Waals surface area (Å²) in [6, 6.07) is 0. The van der Waals surface area contributed by atoms with Gasteiger partial charge in [0.05, 0.1) is 5.70 Å². The quantitative estimate of drug-likeness (QED) is 0.362. The van der Waals surface area contributed by atoms with Crippen LogP contribution in [0.15, 0.2) is 12.0 Å². The average molecular weight is 118 g/mol. The van der Waals surface area contributed by atoms with E-state index in [1.54, 1.807) is 0 Å².